The highest BCUT2D eigenvalue weighted by atomic mass is 16.5. The number of carbonyl (C=O) groups is 2. The molecule has 1 aliphatic rings. The molecule has 178 valence electrons. The van der Waals surface area contributed by atoms with E-state index < -0.39 is 11.7 Å². The van der Waals surface area contributed by atoms with Gasteiger partial charge in [-0.1, -0.05) is 18.2 Å². The van der Waals surface area contributed by atoms with Gasteiger partial charge in [-0.15, -0.1) is 0 Å². The number of ketones is 1. The van der Waals surface area contributed by atoms with E-state index in [0.29, 0.717) is 49.7 Å². The van der Waals surface area contributed by atoms with Crippen molar-refractivity contribution in [3.63, 3.8) is 0 Å². The van der Waals surface area contributed by atoms with Gasteiger partial charge in [-0.25, -0.2) is 4.68 Å². The van der Waals surface area contributed by atoms with Crippen LogP contribution in [0.25, 0.3) is 5.69 Å². The smallest absolute Gasteiger partial charge is 0.295 e. The maximum absolute atomic E-state index is 13.1. The van der Waals surface area contributed by atoms with Gasteiger partial charge >= 0.3 is 0 Å². The van der Waals surface area contributed by atoms with Crippen molar-refractivity contribution < 1.29 is 19.1 Å². The fourth-order valence-electron chi connectivity index (χ4n) is 4.18. The summed E-state index contributed by atoms with van der Waals surface area (Å²) in [6, 6.07) is 17.1. The lowest BCUT2D eigenvalue weighted by atomic mass is 10.1. The lowest BCUT2D eigenvalue weighted by molar-refractivity contribution is -0.128. The van der Waals surface area contributed by atoms with Crippen LogP contribution in [0.15, 0.2) is 54.6 Å². The molecule has 2 heterocycles. The average molecular weight is 463 g/mol. The third-order valence-corrected chi connectivity index (χ3v) is 6.11. The molecule has 2 aromatic carbocycles. The Balaban J connectivity index is 1.30. The molecule has 0 bridgehead atoms. The number of hydrogen-bond donors (Lipinski definition) is 0. The topological polar surface area (TPSA) is 76.9 Å². The van der Waals surface area contributed by atoms with E-state index in [1.807, 2.05) is 61.5 Å². The third-order valence-electron chi connectivity index (χ3n) is 6.11. The molecule has 3 aromatic rings. The Labute approximate surface area is 199 Å². The van der Waals surface area contributed by atoms with Crippen molar-refractivity contribution in [2.24, 2.45) is 0 Å². The highest BCUT2D eigenvalue weighted by Gasteiger charge is 2.30. The van der Waals surface area contributed by atoms with Crippen molar-refractivity contribution in [3.05, 3.63) is 71.5 Å². The lowest BCUT2D eigenvalue weighted by Crippen LogP contribution is -2.51. The summed E-state index contributed by atoms with van der Waals surface area (Å²) in [5.74, 6) is 0.629. The van der Waals surface area contributed by atoms with Crippen LogP contribution in [0, 0.1) is 13.8 Å². The van der Waals surface area contributed by atoms with Crippen LogP contribution >= 0.6 is 0 Å². The van der Waals surface area contributed by atoms with Gasteiger partial charge in [0.25, 0.3) is 11.7 Å². The molecule has 1 saturated heterocycles. The summed E-state index contributed by atoms with van der Waals surface area (Å²) in [5.41, 5.74) is 2.50. The molecule has 34 heavy (non-hydrogen) atoms. The Morgan fingerprint density at radius 3 is 2.21 bits per heavy atom. The zero-order valence-electron chi connectivity index (χ0n) is 19.9. The molecule has 0 spiro atoms. The van der Waals surface area contributed by atoms with Crippen molar-refractivity contribution in [1.29, 1.82) is 0 Å². The number of rotatable bonds is 8. The Bertz CT molecular complexity index is 1130. The van der Waals surface area contributed by atoms with Gasteiger partial charge in [0.1, 0.15) is 18.1 Å². The first-order valence-corrected chi connectivity index (χ1v) is 11.4. The van der Waals surface area contributed by atoms with Crippen LogP contribution in [0.5, 0.6) is 11.5 Å². The number of aromatic nitrogens is 2. The van der Waals surface area contributed by atoms with E-state index in [0.717, 1.165) is 23.7 Å². The average Bonchev–Trinajstić information content (AvgIpc) is 3.18. The number of nitrogens with zero attached hydrogens (tertiary/aromatic N) is 4. The Morgan fingerprint density at radius 1 is 0.912 bits per heavy atom. The number of hydrogen-bond acceptors (Lipinski definition) is 6. The largest absolute Gasteiger partial charge is 0.497 e. The summed E-state index contributed by atoms with van der Waals surface area (Å²) in [6.45, 7) is 7.33. The number of piperazine rings is 1. The van der Waals surface area contributed by atoms with Gasteiger partial charge in [0.2, 0.25) is 0 Å². The molecule has 1 aromatic heterocycles. The van der Waals surface area contributed by atoms with E-state index >= 15 is 0 Å². The predicted molar refractivity (Wildman–Crippen MR) is 129 cm³/mol. The monoisotopic (exact) mass is 462 g/mol. The standard InChI is InChI=1S/C26H30N4O4/c1-19-24(20(2)30(27-19)21-7-5-4-6-8-21)25(31)26(32)29-15-13-28(14-16-29)17-18-34-23-11-9-22(33-3)10-12-23/h4-12H,13-18H2,1-3H3. The fourth-order valence-corrected chi connectivity index (χ4v) is 4.18. The number of para-hydroxylation sites is 1. The molecular weight excluding hydrogens is 432 g/mol. The second kappa shape index (κ2) is 10.5. The van der Waals surface area contributed by atoms with E-state index in [-0.39, 0.29) is 0 Å². The van der Waals surface area contributed by atoms with Crippen LogP contribution in [0.2, 0.25) is 0 Å². The number of methoxy groups -OCH3 is 1. The second-order valence-corrected chi connectivity index (χ2v) is 8.28. The molecule has 0 unspecified atom stereocenters. The van der Waals surface area contributed by atoms with Gasteiger partial charge in [-0.3, -0.25) is 14.5 Å². The van der Waals surface area contributed by atoms with Crippen molar-refractivity contribution in [1.82, 2.24) is 19.6 Å². The summed E-state index contributed by atoms with van der Waals surface area (Å²) in [6.07, 6.45) is 0. The molecule has 0 saturated carbocycles. The van der Waals surface area contributed by atoms with Crippen LogP contribution in [-0.2, 0) is 4.79 Å². The number of aryl methyl sites for hydroxylation is 1. The summed E-state index contributed by atoms with van der Waals surface area (Å²) in [5, 5.41) is 4.51. The molecule has 8 heteroatoms. The summed E-state index contributed by atoms with van der Waals surface area (Å²) in [7, 11) is 1.63. The van der Waals surface area contributed by atoms with Crippen LogP contribution < -0.4 is 9.47 Å². The Kier molecular flexibility index (Phi) is 7.27. The van der Waals surface area contributed by atoms with E-state index in [1.54, 1.807) is 23.6 Å². The Morgan fingerprint density at radius 2 is 1.56 bits per heavy atom. The highest BCUT2D eigenvalue weighted by molar-refractivity contribution is 6.43. The summed E-state index contributed by atoms with van der Waals surface area (Å²) >= 11 is 0. The molecule has 0 aliphatic carbocycles. The second-order valence-electron chi connectivity index (χ2n) is 8.28. The Hall–Kier alpha value is -3.65. The maximum Gasteiger partial charge on any atom is 0.295 e. The van der Waals surface area contributed by atoms with Gasteiger partial charge in [0.15, 0.2) is 0 Å². The third kappa shape index (κ3) is 5.12. The predicted octanol–water partition coefficient (Wildman–Crippen LogP) is 2.90. The maximum atomic E-state index is 13.1. The molecule has 4 rings (SSSR count). The molecule has 0 atom stereocenters. The lowest BCUT2D eigenvalue weighted by Gasteiger charge is -2.34. The van der Waals surface area contributed by atoms with E-state index in [4.69, 9.17) is 9.47 Å². The van der Waals surface area contributed by atoms with Gasteiger partial charge < -0.3 is 14.4 Å². The number of amides is 1. The molecular formula is C26H30N4O4. The first kappa shape index (κ1) is 23.5. The van der Waals surface area contributed by atoms with Gasteiger partial charge in [0.05, 0.1) is 29.7 Å². The van der Waals surface area contributed by atoms with Crippen molar-refractivity contribution in [3.8, 4) is 17.2 Å². The quantitative estimate of drug-likeness (QED) is 0.379. The number of carbonyl (C=O) groups excluding carboxylic acids is 2. The van der Waals surface area contributed by atoms with Crippen LogP contribution in [0.4, 0.5) is 0 Å². The highest BCUT2D eigenvalue weighted by Crippen LogP contribution is 2.20. The molecule has 0 N–H and O–H groups in total. The molecule has 1 amide bonds. The zero-order valence-corrected chi connectivity index (χ0v) is 19.9. The summed E-state index contributed by atoms with van der Waals surface area (Å²) in [4.78, 5) is 30.0. The molecule has 0 radical (unpaired) electrons. The van der Waals surface area contributed by atoms with Gasteiger partial charge in [-0.05, 0) is 50.2 Å². The number of Topliss-reactive ketones (excluding diaryl/α,β-unsaturated/α-hetero) is 1. The first-order valence-electron chi connectivity index (χ1n) is 11.4. The van der Waals surface area contributed by atoms with Crippen molar-refractivity contribution in [2.45, 2.75) is 13.8 Å². The molecule has 8 nitrogen and oxygen atoms in total. The van der Waals surface area contributed by atoms with E-state index in [9.17, 15) is 9.59 Å². The minimum atomic E-state index is -0.492. The SMILES string of the molecule is COc1ccc(OCCN2CCN(C(=O)C(=O)c3c(C)nn(-c4ccccc4)c3C)CC2)cc1. The van der Waals surface area contributed by atoms with Crippen LogP contribution in [0.1, 0.15) is 21.7 Å². The van der Waals surface area contributed by atoms with E-state index in [2.05, 4.69) is 10.00 Å². The van der Waals surface area contributed by atoms with Crippen molar-refractivity contribution in [2.75, 3.05) is 46.4 Å². The summed E-state index contributed by atoms with van der Waals surface area (Å²) < 4.78 is 12.7. The van der Waals surface area contributed by atoms with Crippen LogP contribution in [0.3, 0.4) is 0 Å². The first-order chi connectivity index (χ1) is 16.5. The molecule has 1 aliphatic heterocycles. The van der Waals surface area contributed by atoms with Crippen molar-refractivity contribution >= 4 is 11.7 Å². The van der Waals surface area contributed by atoms with Gasteiger partial charge in [-0.2, -0.15) is 5.10 Å². The van der Waals surface area contributed by atoms with E-state index in [1.165, 1.54) is 0 Å². The number of ether oxygens (including phenoxy) is 2. The number of benzene rings is 2. The van der Waals surface area contributed by atoms with Crippen LogP contribution in [-0.4, -0.2) is 77.7 Å². The fraction of sp³-hybridized carbons (Fsp3) is 0.346. The zero-order chi connectivity index (χ0) is 24.1. The van der Waals surface area contributed by atoms with Gasteiger partial charge in [0, 0.05) is 32.7 Å². The molecule has 1 fully saturated rings. The normalized spacial score (nSPS) is 14.1. The minimum Gasteiger partial charge on any atom is -0.497 e. The minimum absolute atomic E-state index is 0.393.